The normalized spacial score (nSPS) is 10.4. The third kappa shape index (κ3) is 4.30. The molecule has 118 valence electrons. The molecular weight excluding hydrogens is 276 g/mol. The molecule has 0 spiro atoms. The Labute approximate surface area is 131 Å². The van der Waals surface area contributed by atoms with E-state index in [1.807, 2.05) is 42.5 Å². The maximum absolute atomic E-state index is 9.32. The number of hydrogen-bond acceptors (Lipinski definition) is 5. The molecule has 0 heterocycles. The van der Waals surface area contributed by atoms with Gasteiger partial charge >= 0.3 is 0 Å². The van der Waals surface area contributed by atoms with Crippen LogP contribution in [0.4, 0.5) is 22.7 Å². The fourth-order valence-electron chi connectivity index (χ4n) is 2.31. The second-order valence-electron chi connectivity index (χ2n) is 5.19. The quantitative estimate of drug-likeness (QED) is 0.381. The van der Waals surface area contributed by atoms with Crippen molar-refractivity contribution in [2.24, 2.45) is 0 Å². The van der Waals surface area contributed by atoms with Gasteiger partial charge in [0, 0.05) is 18.7 Å². The highest BCUT2D eigenvalue weighted by atomic mass is 16.3. The molecule has 0 amide bonds. The number of rotatable bonds is 8. The summed E-state index contributed by atoms with van der Waals surface area (Å²) in [7, 11) is 0. The van der Waals surface area contributed by atoms with Gasteiger partial charge in [-0.2, -0.15) is 0 Å². The van der Waals surface area contributed by atoms with Crippen molar-refractivity contribution in [3.05, 3.63) is 48.0 Å². The molecule has 0 aliphatic rings. The van der Waals surface area contributed by atoms with Gasteiger partial charge in [-0.25, -0.2) is 0 Å². The van der Waals surface area contributed by atoms with Gasteiger partial charge in [-0.1, -0.05) is 24.3 Å². The minimum atomic E-state index is -0.0117. The van der Waals surface area contributed by atoms with Crippen LogP contribution in [0, 0.1) is 0 Å². The lowest BCUT2D eigenvalue weighted by Crippen LogP contribution is -2.10. The number of hydrogen-bond donors (Lipinski definition) is 5. The van der Waals surface area contributed by atoms with E-state index in [-0.39, 0.29) is 6.61 Å². The molecule has 2 rings (SSSR count). The first-order valence-electron chi connectivity index (χ1n) is 7.53. The van der Waals surface area contributed by atoms with Crippen molar-refractivity contribution >= 4 is 22.7 Å². The first kappa shape index (κ1) is 16.0. The van der Waals surface area contributed by atoms with E-state index in [1.165, 1.54) is 0 Å². The average Bonchev–Trinajstić information content (AvgIpc) is 2.53. The largest absolute Gasteiger partial charge is 0.397 e. The van der Waals surface area contributed by atoms with Crippen LogP contribution >= 0.6 is 0 Å². The molecule has 0 aromatic heterocycles. The summed E-state index contributed by atoms with van der Waals surface area (Å²) in [5.41, 5.74) is 15.9. The SMILES string of the molecule is Nc1ccccc1NCCCCNc1c(N)cccc1CO. The minimum Gasteiger partial charge on any atom is -0.397 e. The number of nitrogens with two attached hydrogens (primary N) is 2. The number of aliphatic hydroxyl groups excluding tert-OH is 1. The van der Waals surface area contributed by atoms with E-state index >= 15 is 0 Å². The molecule has 22 heavy (non-hydrogen) atoms. The van der Waals surface area contributed by atoms with Gasteiger partial charge in [0.1, 0.15) is 0 Å². The van der Waals surface area contributed by atoms with Crippen LogP contribution in [0.1, 0.15) is 18.4 Å². The lowest BCUT2D eigenvalue weighted by Gasteiger charge is -2.13. The molecule has 2 aromatic carbocycles. The summed E-state index contributed by atoms with van der Waals surface area (Å²) in [4.78, 5) is 0. The molecule has 0 saturated carbocycles. The van der Waals surface area contributed by atoms with Gasteiger partial charge in [-0.15, -0.1) is 0 Å². The summed E-state index contributed by atoms with van der Waals surface area (Å²) in [5.74, 6) is 0. The minimum absolute atomic E-state index is 0.0117. The summed E-state index contributed by atoms with van der Waals surface area (Å²) in [6.45, 7) is 1.67. The zero-order valence-corrected chi connectivity index (χ0v) is 12.7. The predicted octanol–water partition coefficient (Wildman–Crippen LogP) is 2.65. The highest BCUT2D eigenvalue weighted by Crippen LogP contribution is 2.23. The molecule has 5 nitrogen and oxygen atoms in total. The zero-order valence-electron chi connectivity index (χ0n) is 12.7. The van der Waals surface area contributed by atoms with E-state index in [4.69, 9.17) is 11.5 Å². The van der Waals surface area contributed by atoms with Gasteiger partial charge in [0.2, 0.25) is 0 Å². The number of nitrogen functional groups attached to an aromatic ring is 2. The second-order valence-corrected chi connectivity index (χ2v) is 5.19. The van der Waals surface area contributed by atoms with Crippen LogP contribution < -0.4 is 22.1 Å². The maximum atomic E-state index is 9.32. The molecule has 0 aliphatic heterocycles. The Morgan fingerprint density at radius 2 is 1.50 bits per heavy atom. The molecule has 0 radical (unpaired) electrons. The van der Waals surface area contributed by atoms with E-state index in [9.17, 15) is 5.11 Å². The van der Waals surface area contributed by atoms with Crippen LogP contribution in [0.15, 0.2) is 42.5 Å². The molecule has 2 aromatic rings. The van der Waals surface area contributed by atoms with E-state index in [0.29, 0.717) is 5.69 Å². The topological polar surface area (TPSA) is 96.3 Å². The summed E-state index contributed by atoms with van der Waals surface area (Å²) in [6.07, 6.45) is 2.02. The molecule has 0 bridgehead atoms. The van der Waals surface area contributed by atoms with Crippen molar-refractivity contribution in [3.8, 4) is 0 Å². The zero-order chi connectivity index (χ0) is 15.8. The van der Waals surface area contributed by atoms with Crippen molar-refractivity contribution in [2.45, 2.75) is 19.4 Å². The number of unbranched alkanes of at least 4 members (excludes halogenated alkanes) is 1. The summed E-state index contributed by atoms with van der Waals surface area (Å²) in [6, 6.07) is 13.3. The fraction of sp³-hybridized carbons (Fsp3) is 0.294. The highest BCUT2D eigenvalue weighted by molar-refractivity contribution is 5.70. The van der Waals surface area contributed by atoms with Gasteiger partial charge in [0.15, 0.2) is 0 Å². The van der Waals surface area contributed by atoms with E-state index in [1.54, 1.807) is 0 Å². The van der Waals surface area contributed by atoms with Crippen molar-refractivity contribution in [1.29, 1.82) is 0 Å². The number of nitrogens with one attached hydrogen (secondary N) is 2. The Bertz CT molecular complexity index is 601. The number of aliphatic hydroxyl groups is 1. The van der Waals surface area contributed by atoms with E-state index < -0.39 is 0 Å². The number of para-hydroxylation sites is 3. The van der Waals surface area contributed by atoms with Gasteiger partial charge in [0.05, 0.1) is 29.4 Å². The van der Waals surface area contributed by atoms with Crippen LogP contribution in [0.5, 0.6) is 0 Å². The molecule has 0 atom stereocenters. The van der Waals surface area contributed by atoms with Crippen molar-refractivity contribution in [2.75, 3.05) is 35.2 Å². The van der Waals surface area contributed by atoms with Crippen molar-refractivity contribution in [3.63, 3.8) is 0 Å². The Hall–Kier alpha value is -2.40. The lowest BCUT2D eigenvalue weighted by atomic mass is 10.1. The molecule has 7 N–H and O–H groups in total. The number of benzene rings is 2. The van der Waals surface area contributed by atoms with Crippen LogP contribution in [0.2, 0.25) is 0 Å². The smallest absolute Gasteiger partial charge is 0.0702 e. The van der Waals surface area contributed by atoms with E-state index in [2.05, 4.69) is 10.6 Å². The Morgan fingerprint density at radius 1 is 0.818 bits per heavy atom. The molecule has 0 fully saturated rings. The van der Waals surface area contributed by atoms with E-state index in [0.717, 1.165) is 48.6 Å². The summed E-state index contributed by atoms with van der Waals surface area (Å²) >= 11 is 0. The Balaban J connectivity index is 1.71. The fourth-order valence-corrected chi connectivity index (χ4v) is 2.31. The lowest BCUT2D eigenvalue weighted by molar-refractivity contribution is 0.282. The van der Waals surface area contributed by atoms with Crippen molar-refractivity contribution in [1.82, 2.24) is 0 Å². The Kier molecular flexibility index (Phi) is 5.91. The van der Waals surface area contributed by atoms with Crippen LogP contribution in [-0.2, 0) is 6.61 Å². The first-order valence-corrected chi connectivity index (χ1v) is 7.53. The summed E-state index contributed by atoms with van der Waals surface area (Å²) in [5, 5.41) is 16.0. The molecule has 0 saturated heterocycles. The third-order valence-electron chi connectivity index (χ3n) is 3.53. The molecular formula is C17H24N4O. The molecule has 0 aliphatic carbocycles. The highest BCUT2D eigenvalue weighted by Gasteiger charge is 2.04. The van der Waals surface area contributed by atoms with Gasteiger partial charge in [-0.05, 0) is 31.0 Å². The average molecular weight is 300 g/mol. The van der Waals surface area contributed by atoms with Crippen LogP contribution in [0.25, 0.3) is 0 Å². The monoisotopic (exact) mass is 300 g/mol. The predicted molar refractivity (Wildman–Crippen MR) is 93.8 cm³/mol. The third-order valence-corrected chi connectivity index (χ3v) is 3.53. The van der Waals surface area contributed by atoms with Gasteiger partial charge in [0.25, 0.3) is 0 Å². The van der Waals surface area contributed by atoms with Crippen LogP contribution in [0.3, 0.4) is 0 Å². The maximum Gasteiger partial charge on any atom is 0.0702 e. The molecule has 0 unspecified atom stereocenters. The van der Waals surface area contributed by atoms with Gasteiger partial charge in [-0.3, -0.25) is 0 Å². The van der Waals surface area contributed by atoms with Crippen molar-refractivity contribution < 1.29 is 5.11 Å². The standard InChI is InChI=1S/C17H24N4O/c18-14-7-1-2-9-16(14)20-10-3-4-11-21-17-13(12-22)6-5-8-15(17)19/h1-2,5-9,20-22H,3-4,10-12,18-19H2. The summed E-state index contributed by atoms with van der Waals surface area (Å²) < 4.78 is 0. The molecule has 5 heteroatoms. The van der Waals surface area contributed by atoms with Crippen LogP contribution in [-0.4, -0.2) is 18.2 Å². The number of anilines is 4. The first-order chi connectivity index (χ1) is 10.7. The van der Waals surface area contributed by atoms with Gasteiger partial charge < -0.3 is 27.2 Å². The second kappa shape index (κ2) is 8.14. The Morgan fingerprint density at radius 3 is 2.23 bits per heavy atom.